The molecule has 0 aromatic heterocycles. The van der Waals surface area contributed by atoms with Crippen molar-refractivity contribution in [2.75, 3.05) is 0 Å². The summed E-state index contributed by atoms with van der Waals surface area (Å²) in [5.41, 5.74) is -2.02. The summed E-state index contributed by atoms with van der Waals surface area (Å²) >= 11 is 0. The predicted molar refractivity (Wildman–Crippen MR) is 57.3 cm³/mol. The fourth-order valence-electron chi connectivity index (χ4n) is 2.43. The molecule has 0 radical (unpaired) electrons. The van der Waals surface area contributed by atoms with E-state index in [9.17, 15) is 9.59 Å². The number of carbonyl (C=O) groups excluding carboxylic acids is 2. The third kappa shape index (κ3) is 1.18. The first kappa shape index (κ1) is 12.0. The van der Waals surface area contributed by atoms with Gasteiger partial charge in [0.2, 0.25) is 0 Å². The Bertz CT molecular complexity index is 319. The topological polar surface area (TPSA) is 43.4 Å². The zero-order chi connectivity index (χ0) is 12.1. The predicted octanol–water partition coefficient (Wildman–Crippen LogP) is 2.11. The van der Waals surface area contributed by atoms with E-state index in [4.69, 9.17) is 4.74 Å². The van der Waals surface area contributed by atoms with Gasteiger partial charge in [-0.15, -0.1) is 0 Å². The zero-order valence-electron chi connectivity index (χ0n) is 10.0. The molecular weight excluding hydrogens is 192 g/mol. The molecular formula is C12H18O3. The zero-order valence-corrected chi connectivity index (χ0v) is 10.0. The van der Waals surface area contributed by atoms with Gasteiger partial charge in [-0.2, -0.15) is 0 Å². The summed E-state index contributed by atoms with van der Waals surface area (Å²) in [7, 11) is 0. The van der Waals surface area contributed by atoms with Gasteiger partial charge < -0.3 is 4.74 Å². The van der Waals surface area contributed by atoms with Gasteiger partial charge in [0.25, 0.3) is 0 Å². The summed E-state index contributed by atoms with van der Waals surface area (Å²) in [5, 5.41) is 0. The summed E-state index contributed by atoms with van der Waals surface area (Å²) in [5.74, 6) is -0.361. The van der Waals surface area contributed by atoms with Gasteiger partial charge in [-0.3, -0.25) is 4.79 Å². The molecule has 1 fully saturated rings. The Kier molecular flexibility index (Phi) is 2.34. The van der Waals surface area contributed by atoms with E-state index in [1.54, 1.807) is 34.6 Å². The number of ketones is 1. The van der Waals surface area contributed by atoms with Crippen LogP contribution in [0.2, 0.25) is 0 Å². The molecule has 0 unspecified atom stereocenters. The van der Waals surface area contributed by atoms with Gasteiger partial charge in [0, 0.05) is 6.08 Å². The molecule has 0 aromatic carbocycles. The van der Waals surface area contributed by atoms with E-state index in [1.807, 2.05) is 0 Å². The minimum atomic E-state index is -0.762. The van der Waals surface area contributed by atoms with Crippen molar-refractivity contribution in [3.63, 3.8) is 0 Å². The number of hydrogen-bond donors (Lipinski definition) is 0. The SMILES string of the molecule is C=CC(=O)OC1(C)C(C)(C)C(=O)C1(C)C. The maximum Gasteiger partial charge on any atom is 0.330 e. The van der Waals surface area contributed by atoms with Gasteiger partial charge in [0.05, 0.1) is 10.8 Å². The lowest BCUT2D eigenvalue weighted by Gasteiger charge is -2.62. The largest absolute Gasteiger partial charge is 0.454 e. The molecule has 0 bridgehead atoms. The van der Waals surface area contributed by atoms with E-state index in [1.165, 1.54) is 0 Å². The maximum atomic E-state index is 11.9. The Hall–Kier alpha value is -1.12. The van der Waals surface area contributed by atoms with Crippen LogP contribution in [-0.4, -0.2) is 17.4 Å². The molecule has 0 amide bonds. The lowest BCUT2D eigenvalue weighted by molar-refractivity contribution is -0.230. The summed E-state index contributed by atoms with van der Waals surface area (Å²) in [4.78, 5) is 23.1. The second-order valence-corrected chi connectivity index (χ2v) is 5.24. The molecule has 3 nitrogen and oxygen atoms in total. The lowest BCUT2D eigenvalue weighted by Crippen LogP contribution is -2.74. The van der Waals surface area contributed by atoms with Crippen LogP contribution in [0.15, 0.2) is 12.7 Å². The summed E-state index contributed by atoms with van der Waals surface area (Å²) in [6.07, 6.45) is 1.13. The molecule has 1 saturated carbocycles. The molecule has 0 N–H and O–H groups in total. The highest BCUT2D eigenvalue weighted by molar-refractivity contribution is 6.00. The molecule has 0 spiro atoms. The van der Waals surface area contributed by atoms with Crippen LogP contribution in [-0.2, 0) is 14.3 Å². The summed E-state index contributed by atoms with van der Waals surface area (Å²) in [6.45, 7) is 12.4. The second-order valence-electron chi connectivity index (χ2n) is 5.24. The number of rotatable bonds is 2. The van der Waals surface area contributed by atoms with Gasteiger partial charge >= 0.3 is 5.97 Å². The van der Waals surface area contributed by atoms with Crippen LogP contribution in [0.1, 0.15) is 34.6 Å². The first-order valence-corrected chi connectivity index (χ1v) is 5.01. The quantitative estimate of drug-likeness (QED) is 0.518. The highest BCUT2D eigenvalue weighted by atomic mass is 16.6. The molecule has 3 heteroatoms. The molecule has 1 aliphatic rings. The first-order chi connectivity index (χ1) is 6.61. The lowest BCUT2D eigenvalue weighted by atomic mass is 9.44. The van der Waals surface area contributed by atoms with E-state index >= 15 is 0 Å². The Morgan fingerprint density at radius 3 is 1.93 bits per heavy atom. The van der Waals surface area contributed by atoms with E-state index in [0.29, 0.717) is 0 Å². The van der Waals surface area contributed by atoms with Crippen molar-refractivity contribution in [2.45, 2.75) is 40.2 Å². The van der Waals surface area contributed by atoms with E-state index in [2.05, 4.69) is 6.58 Å². The molecule has 84 valence electrons. The van der Waals surface area contributed by atoms with Crippen molar-refractivity contribution in [1.82, 2.24) is 0 Å². The third-order valence-corrected chi connectivity index (χ3v) is 3.99. The highest BCUT2D eigenvalue weighted by Gasteiger charge is 2.72. The van der Waals surface area contributed by atoms with Gasteiger partial charge in [0.15, 0.2) is 5.78 Å². The summed E-state index contributed by atoms with van der Waals surface area (Å²) < 4.78 is 5.35. The number of esters is 1. The smallest absolute Gasteiger partial charge is 0.330 e. The van der Waals surface area contributed by atoms with E-state index in [0.717, 1.165) is 6.08 Å². The average molecular weight is 210 g/mol. The molecule has 1 rings (SSSR count). The molecule has 0 aromatic rings. The highest BCUT2D eigenvalue weighted by Crippen LogP contribution is 2.60. The van der Waals surface area contributed by atoms with Crippen molar-refractivity contribution in [3.05, 3.63) is 12.7 Å². The first-order valence-electron chi connectivity index (χ1n) is 5.01. The minimum absolute atomic E-state index is 0.120. The Morgan fingerprint density at radius 2 is 1.60 bits per heavy atom. The number of hydrogen-bond acceptors (Lipinski definition) is 3. The van der Waals surface area contributed by atoms with Crippen LogP contribution >= 0.6 is 0 Å². The van der Waals surface area contributed by atoms with Crippen molar-refractivity contribution in [3.8, 4) is 0 Å². The van der Waals surface area contributed by atoms with E-state index in [-0.39, 0.29) is 5.78 Å². The van der Waals surface area contributed by atoms with Gasteiger partial charge in [-0.25, -0.2) is 4.79 Å². The normalized spacial score (nSPS) is 25.3. The van der Waals surface area contributed by atoms with Crippen LogP contribution in [0, 0.1) is 10.8 Å². The fraction of sp³-hybridized carbons (Fsp3) is 0.667. The van der Waals surface area contributed by atoms with Gasteiger partial charge in [-0.05, 0) is 34.6 Å². The number of Topliss-reactive ketones (excluding diaryl/α,β-unsaturated/α-hetero) is 1. The van der Waals surface area contributed by atoms with Crippen LogP contribution in [0.3, 0.4) is 0 Å². The summed E-state index contributed by atoms with van der Waals surface area (Å²) in [6, 6.07) is 0. The maximum absolute atomic E-state index is 11.9. The Labute approximate surface area is 90.5 Å². The molecule has 15 heavy (non-hydrogen) atoms. The van der Waals surface area contributed by atoms with Crippen molar-refractivity contribution < 1.29 is 14.3 Å². The standard InChI is InChI=1S/C12H18O3/c1-7-8(13)15-12(6)10(2,3)9(14)11(12,4)5/h7H,1H2,2-6H3. The minimum Gasteiger partial charge on any atom is -0.454 e. The van der Waals surface area contributed by atoms with Gasteiger partial charge in [0.1, 0.15) is 5.60 Å². The van der Waals surface area contributed by atoms with Crippen LogP contribution in [0.5, 0.6) is 0 Å². The van der Waals surface area contributed by atoms with Crippen molar-refractivity contribution in [1.29, 1.82) is 0 Å². The third-order valence-electron chi connectivity index (χ3n) is 3.99. The average Bonchev–Trinajstić information content (AvgIpc) is 2.15. The van der Waals surface area contributed by atoms with Crippen molar-refractivity contribution >= 4 is 11.8 Å². The monoisotopic (exact) mass is 210 g/mol. The molecule has 0 heterocycles. The Morgan fingerprint density at radius 1 is 1.20 bits per heavy atom. The van der Waals surface area contributed by atoms with Crippen molar-refractivity contribution in [2.24, 2.45) is 10.8 Å². The fourth-order valence-corrected chi connectivity index (χ4v) is 2.43. The molecule has 0 atom stereocenters. The molecule has 0 aliphatic heterocycles. The number of carbonyl (C=O) groups is 2. The molecule has 0 saturated heterocycles. The molecule has 1 aliphatic carbocycles. The van der Waals surface area contributed by atoms with Crippen LogP contribution in [0.25, 0.3) is 0 Å². The van der Waals surface area contributed by atoms with Gasteiger partial charge in [-0.1, -0.05) is 6.58 Å². The van der Waals surface area contributed by atoms with Crippen LogP contribution in [0.4, 0.5) is 0 Å². The van der Waals surface area contributed by atoms with Crippen LogP contribution < -0.4 is 0 Å². The number of ether oxygens (including phenoxy) is 1. The van der Waals surface area contributed by atoms with E-state index < -0.39 is 22.4 Å². The Balaban J connectivity index is 3.06. The second kappa shape index (κ2) is 2.94.